The van der Waals surface area contributed by atoms with Crippen LogP contribution < -0.4 is 0 Å². The summed E-state index contributed by atoms with van der Waals surface area (Å²) in [6.45, 7) is 2.73. The molecule has 0 radical (unpaired) electrons. The maximum atomic E-state index is 9.00. The van der Waals surface area contributed by atoms with Crippen molar-refractivity contribution in [1.29, 1.82) is 0 Å². The van der Waals surface area contributed by atoms with Gasteiger partial charge in [0, 0.05) is 13.5 Å². The van der Waals surface area contributed by atoms with Gasteiger partial charge in [-0.1, -0.05) is 60.7 Å². The van der Waals surface area contributed by atoms with Gasteiger partial charge in [0.1, 0.15) is 6.10 Å². The minimum atomic E-state index is -0.833. The summed E-state index contributed by atoms with van der Waals surface area (Å²) >= 11 is 0. The summed E-state index contributed by atoms with van der Waals surface area (Å²) < 4.78 is 6.08. The van der Waals surface area contributed by atoms with E-state index in [2.05, 4.69) is 67.5 Å². The topological polar surface area (TPSA) is 49.8 Å². The molecule has 0 aromatic heterocycles. The number of carboxylic acids is 1. The van der Waals surface area contributed by atoms with Crippen LogP contribution >= 0.6 is 12.4 Å². The second-order valence-electron chi connectivity index (χ2n) is 5.39. The Morgan fingerprint density at radius 3 is 1.71 bits per heavy atom. The third kappa shape index (κ3) is 9.30. The Balaban J connectivity index is 0.000000954. The molecule has 0 aliphatic heterocycles. The standard InChI is InChI=1S/C17H21NO.C2H4O2.ClH/c1-18(2)13-14-19-17(15-9-5-3-6-10-15)16-11-7-4-8-12-16;1-2(3)4;/h3-12,17H,13-14H2,1-2H3;1H3,(H,3,4);1H. The number of ether oxygens (including phenoxy) is 1. The van der Waals surface area contributed by atoms with Gasteiger partial charge in [-0.3, -0.25) is 4.79 Å². The van der Waals surface area contributed by atoms with Crippen molar-refractivity contribution >= 4 is 18.4 Å². The van der Waals surface area contributed by atoms with Gasteiger partial charge in [0.2, 0.25) is 0 Å². The molecule has 2 aromatic carbocycles. The molecule has 0 amide bonds. The molecule has 0 bridgehead atoms. The Bertz CT molecular complexity index is 518. The summed E-state index contributed by atoms with van der Waals surface area (Å²) in [5.74, 6) is -0.833. The lowest BCUT2D eigenvalue weighted by atomic mass is 10.0. The molecule has 0 saturated carbocycles. The Morgan fingerprint density at radius 2 is 1.38 bits per heavy atom. The number of likely N-dealkylation sites (N-methyl/N-ethyl adjacent to an activating group) is 1. The van der Waals surface area contributed by atoms with Crippen molar-refractivity contribution < 1.29 is 14.6 Å². The molecule has 132 valence electrons. The second kappa shape index (κ2) is 12.5. The predicted molar refractivity (Wildman–Crippen MR) is 99.8 cm³/mol. The van der Waals surface area contributed by atoms with Gasteiger partial charge < -0.3 is 14.7 Å². The van der Waals surface area contributed by atoms with Crippen molar-refractivity contribution in [2.24, 2.45) is 0 Å². The van der Waals surface area contributed by atoms with Gasteiger partial charge in [0.15, 0.2) is 0 Å². The van der Waals surface area contributed by atoms with E-state index in [1.165, 1.54) is 11.1 Å². The monoisotopic (exact) mass is 351 g/mol. The number of carboxylic acid groups (broad SMARTS) is 1. The fraction of sp³-hybridized carbons (Fsp3) is 0.316. The van der Waals surface area contributed by atoms with Crippen LogP contribution in [0.5, 0.6) is 0 Å². The second-order valence-corrected chi connectivity index (χ2v) is 5.39. The van der Waals surface area contributed by atoms with Crippen LogP contribution in [0.4, 0.5) is 0 Å². The summed E-state index contributed by atoms with van der Waals surface area (Å²) in [6.07, 6.45) is 0.0161. The zero-order valence-electron chi connectivity index (χ0n) is 14.4. The number of rotatable bonds is 6. The summed E-state index contributed by atoms with van der Waals surface area (Å²) in [5, 5.41) is 7.42. The average Bonchev–Trinajstić information content (AvgIpc) is 2.52. The Labute approximate surface area is 150 Å². The summed E-state index contributed by atoms with van der Waals surface area (Å²) in [5.41, 5.74) is 2.40. The SMILES string of the molecule is CC(=O)O.CN(C)CCOC(c1ccccc1)c1ccccc1.Cl. The number of hydrogen-bond donors (Lipinski definition) is 1. The highest BCUT2D eigenvalue weighted by atomic mass is 35.5. The molecule has 0 atom stereocenters. The smallest absolute Gasteiger partial charge is 0.300 e. The first-order chi connectivity index (χ1) is 11.0. The lowest BCUT2D eigenvalue weighted by Crippen LogP contribution is -2.20. The average molecular weight is 352 g/mol. The molecule has 0 fully saturated rings. The highest BCUT2D eigenvalue weighted by Crippen LogP contribution is 2.25. The number of halogens is 1. The van der Waals surface area contributed by atoms with Crippen LogP contribution in [-0.4, -0.2) is 43.2 Å². The van der Waals surface area contributed by atoms with Gasteiger partial charge in [-0.05, 0) is 25.2 Å². The van der Waals surface area contributed by atoms with Gasteiger partial charge in [0.05, 0.1) is 6.61 Å². The molecule has 1 N–H and O–H groups in total. The van der Waals surface area contributed by atoms with Crippen molar-refractivity contribution in [3.05, 3.63) is 71.8 Å². The number of benzene rings is 2. The fourth-order valence-corrected chi connectivity index (χ4v) is 1.99. The van der Waals surface area contributed by atoms with Gasteiger partial charge in [-0.2, -0.15) is 0 Å². The van der Waals surface area contributed by atoms with Crippen LogP contribution in [0.2, 0.25) is 0 Å². The largest absolute Gasteiger partial charge is 0.481 e. The van der Waals surface area contributed by atoms with Crippen LogP contribution in [0.3, 0.4) is 0 Å². The number of nitrogens with zero attached hydrogens (tertiary/aromatic N) is 1. The third-order valence-corrected chi connectivity index (χ3v) is 3.03. The van der Waals surface area contributed by atoms with Crippen LogP contribution in [0.15, 0.2) is 60.7 Å². The molecule has 0 saturated heterocycles. The normalized spacial score (nSPS) is 9.88. The lowest BCUT2D eigenvalue weighted by Gasteiger charge is -2.20. The minimum Gasteiger partial charge on any atom is -0.481 e. The molecule has 0 aliphatic carbocycles. The molecule has 2 rings (SSSR count). The van der Waals surface area contributed by atoms with E-state index in [1.807, 2.05) is 12.1 Å². The minimum absolute atomic E-state index is 0. The molecule has 24 heavy (non-hydrogen) atoms. The summed E-state index contributed by atoms with van der Waals surface area (Å²) in [7, 11) is 4.12. The number of aliphatic carboxylic acids is 1. The molecule has 0 unspecified atom stereocenters. The molecule has 2 aromatic rings. The fourth-order valence-electron chi connectivity index (χ4n) is 1.99. The van der Waals surface area contributed by atoms with E-state index >= 15 is 0 Å². The van der Waals surface area contributed by atoms with Crippen molar-refractivity contribution in [1.82, 2.24) is 4.90 Å². The number of carbonyl (C=O) groups is 1. The van der Waals surface area contributed by atoms with Crippen molar-refractivity contribution in [3.8, 4) is 0 Å². The third-order valence-electron chi connectivity index (χ3n) is 3.03. The Kier molecular flexibility index (Phi) is 11.5. The molecule has 0 aliphatic rings. The van der Waals surface area contributed by atoms with Crippen LogP contribution in [0, 0.1) is 0 Å². The van der Waals surface area contributed by atoms with E-state index in [0.717, 1.165) is 20.1 Å². The maximum Gasteiger partial charge on any atom is 0.300 e. The molecular weight excluding hydrogens is 326 g/mol. The first-order valence-corrected chi connectivity index (χ1v) is 7.56. The first kappa shape index (κ1) is 22.1. The molecule has 0 spiro atoms. The molecular formula is C19H26ClNO3. The van der Waals surface area contributed by atoms with E-state index in [9.17, 15) is 0 Å². The van der Waals surface area contributed by atoms with E-state index in [4.69, 9.17) is 14.6 Å². The lowest BCUT2D eigenvalue weighted by molar-refractivity contribution is -0.134. The van der Waals surface area contributed by atoms with Gasteiger partial charge >= 0.3 is 0 Å². The van der Waals surface area contributed by atoms with Gasteiger partial charge in [0.25, 0.3) is 5.97 Å². The quantitative estimate of drug-likeness (QED) is 0.858. The Morgan fingerprint density at radius 1 is 1.00 bits per heavy atom. The van der Waals surface area contributed by atoms with E-state index < -0.39 is 5.97 Å². The zero-order chi connectivity index (χ0) is 17.1. The van der Waals surface area contributed by atoms with Gasteiger partial charge in [-0.25, -0.2) is 0 Å². The highest BCUT2D eigenvalue weighted by Gasteiger charge is 2.13. The van der Waals surface area contributed by atoms with Crippen molar-refractivity contribution in [2.75, 3.05) is 27.2 Å². The van der Waals surface area contributed by atoms with Gasteiger partial charge in [-0.15, -0.1) is 12.4 Å². The summed E-state index contributed by atoms with van der Waals surface area (Å²) in [4.78, 5) is 11.1. The Hall–Kier alpha value is -1.88. The molecule has 5 heteroatoms. The van der Waals surface area contributed by atoms with E-state index in [0.29, 0.717) is 0 Å². The van der Waals surface area contributed by atoms with Crippen LogP contribution in [-0.2, 0) is 9.53 Å². The van der Waals surface area contributed by atoms with Crippen LogP contribution in [0.25, 0.3) is 0 Å². The predicted octanol–water partition coefficient (Wildman–Crippen LogP) is 3.87. The van der Waals surface area contributed by atoms with Crippen LogP contribution in [0.1, 0.15) is 24.2 Å². The maximum absolute atomic E-state index is 9.00. The molecule has 0 heterocycles. The summed E-state index contributed by atoms with van der Waals surface area (Å²) in [6, 6.07) is 20.8. The highest BCUT2D eigenvalue weighted by molar-refractivity contribution is 5.85. The molecule has 4 nitrogen and oxygen atoms in total. The number of hydrogen-bond acceptors (Lipinski definition) is 3. The van der Waals surface area contributed by atoms with Crippen molar-refractivity contribution in [2.45, 2.75) is 13.0 Å². The van der Waals surface area contributed by atoms with E-state index in [1.54, 1.807) is 0 Å². The zero-order valence-corrected chi connectivity index (χ0v) is 15.2. The van der Waals surface area contributed by atoms with Crippen molar-refractivity contribution in [3.63, 3.8) is 0 Å². The van der Waals surface area contributed by atoms with E-state index in [-0.39, 0.29) is 18.5 Å². The first-order valence-electron chi connectivity index (χ1n) is 7.56.